The molecule has 1 N–H and O–H groups in total. The Kier molecular flexibility index (Phi) is 6.91. The Labute approximate surface area is 322 Å². The minimum atomic E-state index is -0.108. The minimum absolute atomic E-state index is 0.0287. The lowest BCUT2D eigenvalue weighted by Crippen LogP contribution is -2.23. The van der Waals surface area contributed by atoms with Crippen molar-refractivity contribution in [1.29, 1.82) is 0 Å². The van der Waals surface area contributed by atoms with Crippen molar-refractivity contribution in [2.24, 2.45) is 0 Å². The van der Waals surface area contributed by atoms with Crippen LogP contribution in [0.1, 0.15) is 42.3 Å². The molecule has 1 unspecified atom stereocenters. The molecule has 55 heavy (non-hydrogen) atoms. The van der Waals surface area contributed by atoms with Gasteiger partial charge in [-0.2, -0.15) is 0 Å². The normalized spacial score (nSPS) is 15.3. The van der Waals surface area contributed by atoms with Crippen LogP contribution in [0.4, 0.5) is 17.1 Å². The molecule has 0 bridgehead atoms. The van der Waals surface area contributed by atoms with Crippen LogP contribution in [0.3, 0.4) is 0 Å². The lowest BCUT2D eigenvalue weighted by molar-refractivity contribution is 0.661. The SMILES string of the molecule is Cc1ccc2c(c1)N(c1ccccc1)C(c1ccc(-c3c4ccccc4c(-c4ccc5ccccc5c4)c4cc5c(cc34)-c3ccccc3C5(C)C)cc1)N2. The zero-order valence-electron chi connectivity index (χ0n) is 31.3. The van der Waals surface area contributed by atoms with Gasteiger partial charge in [0.2, 0.25) is 0 Å². The first-order chi connectivity index (χ1) is 26.9. The van der Waals surface area contributed by atoms with Crippen LogP contribution in [-0.2, 0) is 5.41 Å². The monoisotopic (exact) mass is 704 g/mol. The Hall–Kier alpha value is -6.64. The summed E-state index contributed by atoms with van der Waals surface area (Å²) in [6.45, 7) is 6.94. The molecule has 1 aliphatic heterocycles. The van der Waals surface area contributed by atoms with Gasteiger partial charge in [-0.1, -0.05) is 147 Å². The van der Waals surface area contributed by atoms with E-state index in [-0.39, 0.29) is 11.6 Å². The molecular formula is C53H40N2. The van der Waals surface area contributed by atoms with Gasteiger partial charge < -0.3 is 10.2 Å². The molecule has 2 nitrogen and oxygen atoms in total. The van der Waals surface area contributed by atoms with Gasteiger partial charge in [0.25, 0.3) is 0 Å². The van der Waals surface area contributed by atoms with Crippen LogP contribution in [0, 0.1) is 6.92 Å². The molecule has 0 radical (unpaired) electrons. The van der Waals surface area contributed by atoms with Crippen LogP contribution in [-0.4, -0.2) is 0 Å². The molecule has 0 saturated carbocycles. The van der Waals surface area contributed by atoms with Crippen molar-refractivity contribution in [1.82, 2.24) is 0 Å². The van der Waals surface area contributed by atoms with Gasteiger partial charge in [-0.3, -0.25) is 0 Å². The van der Waals surface area contributed by atoms with Gasteiger partial charge in [-0.15, -0.1) is 0 Å². The molecule has 9 aromatic rings. The van der Waals surface area contributed by atoms with E-state index in [2.05, 4.69) is 207 Å². The highest BCUT2D eigenvalue weighted by Gasteiger charge is 2.36. The predicted octanol–water partition coefficient (Wildman–Crippen LogP) is 14.4. The summed E-state index contributed by atoms with van der Waals surface area (Å²) < 4.78 is 0. The third-order valence-electron chi connectivity index (χ3n) is 12.3. The first-order valence-electron chi connectivity index (χ1n) is 19.4. The highest BCUT2D eigenvalue weighted by atomic mass is 15.3. The minimum Gasteiger partial charge on any atom is -0.359 e. The number of nitrogens with zero attached hydrogens (tertiary/aromatic N) is 1. The second kappa shape index (κ2) is 11.9. The molecule has 0 saturated heterocycles. The van der Waals surface area contributed by atoms with Crippen molar-refractivity contribution in [3.8, 4) is 33.4 Å². The zero-order valence-corrected chi connectivity index (χ0v) is 31.3. The molecule has 0 spiro atoms. The van der Waals surface area contributed by atoms with Crippen molar-refractivity contribution in [3.63, 3.8) is 0 Å². The van der Waals surface area contributed by atoms with Crippen LogP contribution < -0.4 is 10.2 Å². The number of hydrogen-bond donors (Lipinski definition) is 1. The summed E-state index contributed by atoms with van der Waals surface area (Å²) in [6.07, 6.45) is -0.0287. The van der Waals surface area contributed by atoms with E-state index in [0.29, 0.717) is 0 Å². The van der Waals surface area contributed by atoms with E-state index in [0.717, 1.165) is 5.69 Å². The van der Waals surface area contributed by atoms with Gasteiger partial charge in [-0.05, 0) is 137 Å². The van der Waals surface area contributed by atoms with Gasteiger partial charge in [0.15, 0.2) is 0 Å². The molecule has 11 rings (SSSR count). The average molecular weight is 705 g/mol. The molecule has 1 heterocycles. The number of para-hydroxylation sites is 1. The number of anilines is 3. The molecule has 0 aromatic heterocycles. The van der Waals surface area contributed by atoms with Crippen LogP contribution in [0.25, 0.3) is 65.7 Å². The lowest BCUT2D eigenvalue weighted by Gasteiger charge is -2.28. The van der Waals surface area contributed by atoms with E-state index in [1.807, 2.05) is 0 Å². The molecule has 262 valence electrons. The standard InChI is InChI=1S/C53H40N2/c1-33-21-28-48-49(29-33)55(39-15-5-4-6-16-39)52(54-48)36-25-23-35(24-26-36)50-41-18-9-10-19-42(41)51(38-27-22-34-13-7-8-14-37(34)30-38)45-32-47-43(31-44(45)50)40-17-11-12-20-46(40)53(47,2)3/h4-32,52,54H,1-3H3. The van der Waals surface area contributed by atoms with E-state index in [1.54, 1.807) is 0 Å². The maximum Gasteiger partial charge on any atom is 0.130 e. The summed E-state index contributed by atoms with van der Waals surface area (Å²) in [4.78, 5) is 2.43. The average Bonchev–Trinajstić information content (AvgIpc) is 3.71. The summed E-state index contributed by atoms with van der Waals surface area (Å²) in [5.41, 5.74) is 16.4. The number of benzene rings is 9. The Morgan fingerprint density at radius 1 is 0.491 bits per heavy atom. The van der Waals surface area contributed by atoms with Gasteiger partial charge in [-0.25, -0.2) is 0 Å². The number of fused-ring (bicyclic) bond motifs is 7. The second-order valence-electron chi connectivity index (χ2n) is 15.9. The van der Waals surface area contributed by atoms with Crippen LogP contribution in [0.5, 0.6) is 0 Å². The molecule has 1 atom stereocenters. The van der Waals surface area contributed by atoms with Crippen molar-refractivity contribution < 1.29 is 0 Å². The van der Waals surface area contributed by atoms with Gasteiger partial charge >= 0.3 is 0 Å². The topological polar surface area (TPSA) is 15.3 Å². The van der Waals surface area contributed by atoms with E-state index in [9.17, 15) is 0 Å². The Bertz CT molecular complexity index is 2990. The number of rotatable bonds is 4. The Morgan fingerprint density at radius 2 is 1.15 bits per heavy atom. The maximum atomic E-state index is 3.85. The maximum absolute atomic E-state index is 3.85. The summed E-state index contributed by atoms with van der Waals surface area (Å²) in [6, 6.07) is 65.5. The fourth-order valence-corrected chi connectivity index (χ4v) is 9.59. The van der Waals surface area contributed by atoms with E-state index < -0.39 is 0 Å². The summed E-state index contributed by atoms with van der Waals surface area (Å²) >= 11 is 0. The highest BCUT2D eigenvalue weighted by molar-refractivity contribution is 6.22. The quantitative estimate of drug-likeness (QED) is 0.184. The first-order valence-corrected chi connectivity index (χ1v) is 19.4. The smallest absolute Gasteiger partial charge is 0.130 e. The van der Waals surface area contributed by atoms with Crippen molar-refractivity contribution in [3.05, 3.63) is 198 Å². The summed E-state index contributed by atoms with van der Waals surface area (Å²) in [7, 11) is 0. The Morgan fingerprint density at radius 3 is 1.95 bits per heavy atom. The molecular weight excluding hydrogens is 665 g/mol. The number of nitrogens with one attached hydrogen (secondary N) is 1. The second-order valence-corrected chi connectivity index (χ2v) is 15.9. The van der Waals surface area contributed by atoms with Crippen molar-refractivity contribution in [2.75, 3.05) is 10.2 Å². The first kappa shape index (κ1) is 31.8. The zero-order chi connectivity index (χ0) is 36.8. The van der Waals surface area contributed by atoms with Gasteiger partial charge in [0.05, 0.1) is 11.4 Å². The lowest BCUT2D eigenvalue weighted by atomic mass is 9.79. The van der Waals surface area contributed by atoms with E-state index in [4.69, 9.17) is 0 Å². The molecule has 2 aliphatic rings. The van der Waals surface area contributed by atoms with Crippen LogP contribution in [0.15, 0.2) is 176 Å². The van der Waals surface area contributed by atoms with Crippen LogP contribution in [0.2, 0.25) is 0 Å². The van der Waals surface area contributed by atoms with Crippen molar-refractivity contribution in [2.45, 2.75) is 32.4 Å². The van der Waals surface area contributed by atoms with Crippen LogP contribution >= 0.6 is 0 Å². The van der Waals surface area contributed by atoms with E-state index in [1.165, 1.54) is 99.3 Å². The summed E-state index contributed by atoms with van der Waals surface area (Å²) in [5.74, 6) is 0. The molecule has 0 amide bonds. The van der Waals surface area contributed by atoms with Crippen molar-refractivity contribution >= 4 is 49.4 Å². The third-order valence-corrected chi connectivity index (χ3v) is 12.3. The van der Waals surface area contributed by atoms with E-state index >= 15 is 0 Å². The highest BCUT2D eigenvalue weighted by Crippen LogP contribution is 2.54. The predicted molar refractivity (Wildman–Crippen MR) is 234 cm³/mol. The van der Waals surface area contributed by atoms with Gasteiger partial charge in [0, 0.05) is 11.1 Å². The number of aryl methyl sites for hydroxylation is 1. The third kappa shape index (κ3) is 4.81. The fraction of sp³-hybridized carbons (Fsp3) is 0.0943. The Balaban J connectivity index is 1.15. The number of hydrogen-bond acceptors (Lipinski definition) is 2. The summed E-state index contributed by atoms with van der Waals surface area (Å²) in [5, 5.41) is 11.5. The molecule has 9 aromatic carbocycles. The molecule has 1 aliphatic carbocycles. The fourth-order valence-electron chi connectivity index (χ4n) is 9.59. The van der Waals surface area contributed by atoms with Gasteiger partial charge in [0.1, 0.15) is 6.17 Å². The largest absolute Gasteiger partial charge is 0.359 e. The molecule has 2 heteroatoms. The molecule has 0 fully saturated rings.